The van der Waals surface area contributed by atoms with E-state index in [9.17, 15) is 9.67 Å². The zero-order chi connectivity index (χ0) is 17.7. The molecule has 24 heavy (non-hydrogen) atoms. The second-order valence-electron chi connectivity index (χ2n) is 6.57. The Labute approximate surface area is 145 Å². The minimum Gasteiger partial charge on any atom is -0.507 e. The molecule has 134 valence electrons. The topological polar surface area (TPSA) is 55.8 Å². The molecular formula is C19H29O4P. The predicted octanol–water partition coefficient (Wildman–Crippen LogP) is 5.80. The van der Waals surface area contributed by atoms with E-state index in [-0.39, 0.29) is 11.7 Å². The van der Waals surface area contributed by atoms with Crippen molar-refractivity contribution in [2.24, 2.45) is 0 Å². The van der Waals surface area contributed by atoms with Crippen molar-refractivity contribution < 1.29 is 18.7 Å². The van der Waals surface area contributed by atoms with Crippen LogP contribution in [0.5, 0.6) is 11.5 Å². The number of aryl methyl sites for hydroxylation is 1. The molecule has 1 aromatic rings. The van der Waals surface area contributed by atoms with E-state index >= 15 is 0 Å². The highest BCUT2D eigenvalue weighted by molar-refractivity contribution is 7.53. The van der Waals surface area contributed by atoms with E-state index in [0.29, 0.717) is 12.4 Å². The van der Waals surface area contributed by atoms with Crippen molar-refractivity contribution in [1.29, 1.82) is 0 Å². The molecule has 0 aliphatic heterocycles. The molecule has 0 aromatic heterocycles. The second-order valence-corrected chi connectivity index (χ2v) is 8.55. The molecule has 0 amide bonds. The first-order valence-electron chi connectivity index (χ1n) is 8.81. The molecule has 0 spiro atoms. The summed E-state index contributed by atoms with van der Waals surface area (Å²) in [6.07, 6.45) is 7.12. The van der Waals surface area contributed by atoms with Crippen LogP contribution in [-0.2, 0) is 15.5 Å². The largest absolute Gasteiger partial charge is 0.507 e. The van der Waals surface area contributed by atoms with Crippen LogP contribution in [0.3, 0.4) is 0 Å². The molecule has 2 atom stereocenters. The number of allylic oxidation sites excluding steroid dienone is 2. The zero-order valence-electron chi connectivity index (χ0n) is 15.2. The molecule has 0 bridgehead atoms. The van der Waals surface area contributed by atoms with Crippen LogP contribution < -0.4 is 4.52 Å². The van der Waals surface area contributed by atoms with Crippen molar-refractivity contribution in [3.63, 3.8) is 0 Å². The summed E-state index contributed by atoms with van der Waals surface area (Å²) in [5, 5.41) is 10.6. The third-order valence-corrected chi connectivity index (χ3v) is 5.54. The lowest BCUT2D eigenvalue weighted by molar-refractivity contribution is 0.283. The van der Waals surface area contributed by atoms with Crippen LogP contribution in [0, 0.1) is 0 Å². The Bertz CT molecular complexity index is 651. The molecule has 0 radical (unpaired) electrons. The van der Waals surface area contributed by atoms with Crippen LogP contribution in [0.2, 0.25) is 0 Å². The van der Waals surface area contributed by atoms with Gasteiger partial charge in [0.15, 0.2) is 0 Å². The lowest BCUT2D eigenvalue weighted by Gasteiger charge is -2.25. The Morgan fingerprint density at radius 3 is 2.71 bits per heavy atom. The maximum atomic E-state index is 12.5. The van der Waals surface area contributed by atoms with Gasteiger partial charge < -0.3 is 14.2 Å². The summed E-state index contributed by atoms with van der Waals surface area (Å²) >= 11 is 0. The lowest BCUT2D eigenvalue weighted by Crippen LogP contribution is -2.07. The number of aromatic hydroxyl groups is 1. The van der Waals surface area contributed by atoms with E-state index in [4.69, 9.17) is 9.05 Å². The monoisotopic (exact) mass is 352 g/mol. The molecule has 1 N–H and O–H groups in total. The Hall–Kier alpha value is -1.25. The summed E-state index contributed by atoms with van der Waals surface area (Å²) in [6, 6.07) is 3.72. The highest BCUT2D eigenvalue weighted by Crippen LogP contribution is 2.50. The van der Waals surface area contributed by atoms with Gasteiger partial charge in [-0.25, -0.2) is 4.57 Å². The normalized spacial score (nSPS) is 20.3. The van der Waals surface area contributed by atoms with Gasteiger partial charge in [-0.3, -0.25) is 0 Å². The number of phenols is 1. The van der Waals surface area contributed by atoms with Gasteiger partial charge in [0.1, 0.15) is 11.5 Å². The number of rotatable bonds is 7. The fraction of sp³-hybridized carbons (Fsp3) is 0.579. The zero-order valence-corrected chi connectivity index (χ0v) is 16.1. The first kappa shape index (κ1) is 19.1. The average molecular weight is 352 g/mol. The van der Waals surface area contributed by atoms with Crippen LogP contribution in [0.1, 0.15) is 63.5 Å². The molecule has 0 saturated heterocycles. The summed E-state index contributed by atoms with van der Waals surface area (Å²) in [5.74, 6) is 0.808. The predicted molar refractivity (Wildman–Crippen MR) is 98.2 cm³/mol. The molecule has 2 rings (SSSR count). The lowest BCUT2D eigenvalue weighted by atomic mass is 9.84. The van der Waals surface area contributed by atoms with Crippen molar-refractivity contribution in [2.75, 3.05) is 13.3 Å². The summed E-state index contributed by atoms with van der Waals surface area (Å²) in [4.78, 5) is 0. The Balaban J connectivity index is 2.47. The van der Waals surface area contributed by atoms with Crippen LogP contribution in [-0.4, -0.2) is 18.4 Å². The molecule has 1 aromatic carbocycles. The van der Waals surface area contributed by atoms with Gasteiger partial charge >= 0.3 is 7.60 Å². The van der Waals surface area contributed by atoms with E-state index in [0.717, 1.165) is 43.2 Å². The van der Waals surface area contributed by atoms with Gasteiger partial charge in [-0.05, 0) is 57.2 Å². The van der Waals surface area contributed by atoms with Gasteiger partial charge in [0.25, 0.3) is 0 Å². The number of hydrogen-bond acceptors (Lipinski definition) is 4. The molecule has 0 saturated carbocycles. The van der Waals surface area contributed by atoms with Gasteiger partial charge in [0.05, 0.1) is 6.61 Å². The SMILES string of the molecule is CCCc1cc(O)c(C2C=C(C)CCC2)c(OP(C)(=O)OCC)c1. The fourth-order valence-corrected chi connectivity index (χ4v) is 4.36. The van der Waals surface area contributed by atoms with Gasteiger partial charge in [-0.2, -0.15) is 0 Å². The number of phenolic OH excluding ortho intramolecular Hbond substituents is 1. The third kappa shape index (κ3) is 4.87. The molecular weight excluding hydrogens is 323 g/mol. The standard InChI is InChI=1S/C19H29O4P/c1-5-8-15-12-17(20)19(16-10-7-9-14(3)11-16)18(13-15)23-24(4,21)22-6-2/h11-13,16,20H,5-10H2,1-4H3. The summed E-state index contributed by atoms with van der Waals surface area (Å²) in [6.45, 7) is 7.79. The van der Waals surface area contributed by atoms with Crippen LogP contribution in [0.15, 0.2) is 23.8 Å². The third-order valence-electron chi connectivity index (χ3n) is 4.29. The minimum atomic E-state index is -3.20. The maximum Gasteiger partial charge on any atom is 0.376 e. The van der Waals surface area contributed by atoms with Gasteiger partial charge in [-0.15, -0.1) is 0 Å². The first-order chi connectivity index (χ1) is 11.4. The van der Waals surface area contributed by atoms with Crippen molar-refractivity contribution in [3.8, 4) is 11.5 Å². The van der Waals surface area contributed by atoms with E-state index in [1.54, 1.807) is 6.92 Å². The van der Waals surface area contributed by atoms with Gasteiger partial charge in [-0.1, -0.05) is 25.0 Å². The first-order valence-corrected chi connectivity index (χ1v) is 10.8. The van der Waals surface area contributed by atoms with E-state index < -0.39 is 7.60 Å². The molecule has 5 heteroatoms. The van der Waals surface area contributed by atoms with Crippen molar-refractivity contribution >= 4 is 7.60 Å². The van der Waals surface area contributed by atoms with Crippen molar-refractivity contribution in [3.05, 3.63) is 34.9 Å². The average Bonchev–Trinajstić information content (AvgIpc) is 2.46. The number of hydrogen-bond donors (Lipinski definition) is 1. The Morgan fingerprint density at radius 2 is 2.08 bits per heavy atom. The quantitative estimate of drug-likeness (QED) is 0.498. The molecule has 4 nitrogen and oxygen atoms in total. The molecule has 1 aliphatic carbocycles. The second kappa shape index (κ2) is 8.22. The van der Waals surface area contributed by atoms with Crippen molar-refractivity contribution in [1.82, 2.24) is 0 Å². The molecule has 1 aliphatic rings. The van der Waals surface area contributed by atoms with Gasteiger partial charge in [0, 0.05) is 18.1 Å². The van der Waals surface area contributed by atoms with Crippen LogP contribution in [0.4, 0.5) is 0 Å². The number of benzene rings is 1. The van der Waals surface area contributed by atoms with E-state index in [2.05, 4.69) is 19.9 Å². The Morgan fingerprint density at radius 1 is 1.33 bits per heavy atom. The summed E-state index contributed by atoms with van der Waals surface area (Å²) in [7, 11) is -3.20. The maximum absolute atomic E-state index is 12.5. The van der Waals surface area contributed by atoms with Crippen LogP contribution in [0.25, 0.3) is 0 Å². The Kier molecular flexibility index (Phi) is 6.54. The summed E-state index contributed by atoms with van der Waals surface area (Å²) < 4.78 is 23.6. The smallest absolute Gasteiger partial charge is 0.376 e. The fourth-order valence-electron chi connectivity index (χ4n) is 3.33. The highest BCUT2D eigenvalue weighted by atomic mass is 31.2. The van der Waals surface area contributed by atoms with E-state index in [1.807, 2.05) is 12.1 Å². The van der Waals surface area contributed by atoms with Crippen molar-refractivity contribution in [2.45, 2.75) is 58.8 Å². The molecule has 2 unspecified atom stereocenters. The molecule has 0 heterocycles. The van der Waals surface area contributed by atoms with Gasteiger partial charge in [0.2, 0.25) is 0 Å². The summed E-state index contributed by atoms with van der Waals surface area (Å²) in [5.41, 5.74) is 3.04. The molecule has 0 fully saturated rings. The minimum absolute atomic E-state index is 0.0889. The highest BCUT2D eigenvalue weighted by Gasteiger charge is 2.26. The van der Waals surface area contributed by atoms with E-state index in [1.165, 1.54) is 12.2 Å². The van der Waals surface area contributed by atoms with Crippen LogP contribution >= 0.6 is 7.60 Å².